The highest BCUT2D eigenvalue weighted by molar-refractivity contribution is 7.99. The van der Waals surface area contributed by atoms with E-state index in [4.69, 9.17) is 9.72 Å². The minimum Gasteiger partial charge on any atom is -0.383 e. The molecule has 2 aromatic carbocycles. The van der Waals surface area contributed by atoms with Crippen LogP contribution in [0.4, 0.5) is 0 Å². The number of nitrogens with one attached hydrogen (secondary N) is 1. The fourth-order valence-electron chi connectivity index (χ4n) is 3.20. The summed E-state index contributed by atoms with van der Waals surface area (Å²) >= 11 is 1.60. The highest BCUT2D eigenvalue weighted by Gasteiger charge is 2.18. The van der Waals surface area contributed by atoms with E-state index in [0.29, 0.717) is 23.8 Å². The summed E-state index contributed by atoms with van der Waals surface area (Å²) in [6, 6.07) is 18.1. The van der Waals surface area contributed by atoms with Gasteiger partial charge in [-0.2, -0.15) is 0 Å². The number of ether oxygens (including phenoxy) is 1. The van der Waals surface area contributed by atoms with Gasteiger partial charge in [0.25, 0.3) is 5.56 Å². The molecule has 0 saturated carbocycles. The molecule has 0 aliphatic rings. The Kier molecular flexibility index (Phi) is 5.01. The average Bonchev–Trinajstić information content (AvgIpc) is 3.07. The lowest BCUT2D eigenvalue weighted by Gasteiger charge is -2.15. The minimum absolute atomic E-state index is 0.0592. The Bertz CT molecular complexity index is 1130. The first-order chi connectivity index (χ1) is 13.2. The van der Waals surface area contributed by atoms with Gasteiger partial charge in [-0.1, -0.05) is 60.3 Å². The van der Waals surface area contributed by atoms with Crippen molar-refractivity contribution in [3.8, 4) is 0 Å². The second-order valence-corrected chi connectivity index (χ2v) is 7.72. The first-order valence-electron chi connectivity index (χ1n) is 8.91. The molecule has 6 heteroatoms. The third kappa shape index (κ3) is 3.38. The van der Waals surface area contributed by atoms with Crippen molar-refractivity contribution in [2.75, 3.05) is 13.7 Å². The maximum Gasteiger partial charge on any atom is 0.278 e. The summed E-state index contributed by atoms with van der Waals surface area (Å²) in [6.45, 7) is 3.06. The predicted octanol–water partition coefficient (Wildman–Crippen LogP) is 4.38. The number of hydrogen-bond donors (Lipinski definition) is 1. The summed E-state index contributed by atoms with van der Waals surface area (Å²) in [5, 5.41) is 1.86. The molecule has 5 nitrogen and oxygen atoms in total. The number of hydrogen-bond acceptors (Lipinski definition) is 4. The molecular formula is C21H21N3O2S. The van der Waals surface area contributed by atoms with Crippen LogP contribution in [0.5, 0.6) is 0 Å². The fraction of sp³-hybridized carbons (Fsp3) is 0.238. The molecule has 0 aliphatic carbocycles. The Morgan fingerprint density at radius 3 is 2.67 bits per heavy atom. The van der Waals surface area contributed by atoms with E-state index in [9.17, 15) is 4.79 Å². The molecule has 0 saturated heterocycles. The van der Waals surface area contributed by atoms with Crippen molar-refractivity contribution in [2.45, 2.75) is 23.9 Å². The third-order valence-corrected chi connectivity index (χ3v) is 5.79. The number of thioether (sulfide) groups is 1. The van der Waals surface area contributed by atoms with Gasteiger partial charge < -0.3 is 9.72 Å². The SMILES string of the molecule is COCCn1c(SC(C)c2ccccc2)nc2c([nH]c3ccccc32)c1=O. The van der Waals surface area contributed by atoms with Crippen molar-refractivity contribution < 1.29 is 4.74 Å². The van der Waals surface area contributed by atoms with Crippen molar-refractivity contribution in [2.24, 2.45) is 0 Å². The van der Waals surface area contributed by atoms with Crippen LogP contribution in [0.1, 0.15) is 17.7 Å². The molecule has 2 aromatic heterocycles. The Balaban J connectivity index is 1.86. The van der Waals surface area contributed by atoms with Crippen molar-refractivity contribution in [3.05, 3.63) is 70.5 Å². The van der Waals surface area contributed by atoms with Crippen molar-refractivity contribution >= 4 is 33.7 Å². The van der Waals surface area contributed by atoms with Crippen LogP contribution in [0.15, 0.2) is 64.5 Å². The Hall–Kier alpha value is -2.57. The van der Waals surface area contributed by atoms with E-state index in [-0.39, 0.29) is 10.8 Å². The van der Waals surface area contributed by atoms with Gasteiger partial charge in [0.2, 0.25) is 0 Å². The molecule has 0 fully saturated rings. The van der Waals surface area contributed by atoms with Crippen molar-refractivity contribution in [1.82, 2.24) is 14.5 Å². The van der Waals surface area contributed by atoms with Crippen LogP contribution in [0.25, 0.3) is 21.9 Å². The molecule has 0 spiro atoms. The number of methoxy groups -OCH3 is 1. The number of aromatic nitrogens is 3. The number of rotatable bonds is 6. The van der Waals surface area contributed by atoms with E-state index < -0.39 is 0 Å². The maximum absolute atomic E-state index is 13.2. The molecule has 27 heavy (non-hydrogen) atoms. The number of aromatic amines is 1. The zero-order valence-corrected chi connectivity index (χ0v) is 16.1. The second kappa shape index (κ2) is 7.58. The summed E-state index contributed by atoms with van der Waals surface area (Å²) in [5.41, 5.74) is 3.34. The van der Waals surface area contributed by atoms with Crippen molar-refractivity contribution in [1.29, 1.82) is 0 Å². The Morgan fingerprint density at radius 2 is 1.89 bits per heavy atom. The summed E-state index contributed by atoms with van der Waals surface area (Å²) in [4.78, 5) is 21.3. The van der Waals surface area contributed by atoms with E-state index in [2.05, 4.69) is 24.0 Å². The molecule has 0 amide bonds. The molecule has 1 unspecified atom stereocenters. The van der Waals surface area contributed by atoms with Gasteiger partial charge in [0.1, 0.15) is 11.0 Å². The van der Waals surface area contributed by atoms with E-state index in [1.54, 1.807) is 23.4 Å². The molecule has 4 rings (SSSR count). The minimum atomic E-state index is -0.0592. The van der Waals surface area contributed by atoms with Gasteiger partial charge in [-0.3, -0.25) is 9.36 Å². The molecule has 2 heterocycles. The molecule has 1 N–H and O–H groups in total. The van der Waals surface area contributed by atoms with Crippen molar-refractivity contribution in [3.63, 3.8) is 0 Å². The molecule has 1 atom stereocenters. The highest BCUT2D eigenvalue weighted by atomic mass is 32.2. The molecule has 0 radical (unpaired) electrons. The summed E-state index contributed by atoms with van der Waals surface area (Å²) in [5.74, 6) is 0. The van der Waals surface area contributed by atoms with E-state index in [1.807, 2.05) is 42.5 Å². The fourth-order valence-corrected chi connectivity index (χ4v) is 4.25. The van der Waals surface area contributed by atoms with Crippen LogP contribution in [0.2, 0.25) is 0 Å². The van der Waals surface area contributed by atoms with Crippen LogP contribution in [0.3, 0.4) is 0 Å². The Labute approximate surface area is 161 Å². The largest absolute Gasteiger partial charge is 0.383 e. The first-order valence-corrected chi connectivity index (χ1v) is 9.79. The number of benzene rings is 2. The zero-order chi connectivity index (χ0) is 18.8. The van der Waals surface area contributed by atoms with Gasteiger partial charge >= 0.3 is 0 Å². The molecule has 0 aliphatic heterocycles. The monoisotopic (exact) mass is 379 g/mol. The maximum atomic E-state index is 13.2. The summed E-state index contributed by atoms with van der Waals surface area (Å²) in [6.07, 6.45) is 0. The average molecular weight is 379 g/mol. The van der Waals surface area contributed by atoms with E-state index in [0.717, 1.165) is 16.4 Å². The topological polar surface area (TPSA) is 59.9 Å². The lowest BCUT2D eigenvalue weighted by Crippen LogP contribution is -2.25. The predicted molar refractivity (Wildman–Crippen MR) is 110 cm³/mol. The Morgan fingerprint density at radius 1 is 1.15 bits per heavy atom. The van der Waals surface area contributed by atoms with Gasteiger partial charge in [0.15, 0.2) is 5.16 Å². The molecular weight excluding hydrogens is 358 g/mol. The van der Waals surface area contributed by atoms with Crippen LogP contribution in [0, 0.1) is 0 Å². The van der Waals surface area contributed by atoms with Gasteiger partial charge in [0.05, 0.1) is 13.2 Å². The van der Waals surface area contributed by atoms with Crippen LogP contribution in [-0.2, 0) is 11.3 Å². The lowest BCUT2D eigenvalue weighted by molar-refractivity contribution is 0.183. The van der Waals surface area contributed by atoms with Gasteiger partial charge in [0, 0.05) is 23.3 Å². The highest BCUT2D eigenvalue weighted by Crippen LogP contribution is 2.34. The standard InChI is InChI=1S/C21H21N3O2S/c1-14(15-8-4-3-5-9-15)27-21-23-18-16-10-6-7-11-17(16)22-19(18)20(25)24(21)12-13-26-2/h3-11,14,22H,12-13H2,1-2H3. The molecule has 0 bridgehead atoms. The summed E-state index contributed by atoms with van der Waals surface area (Å²) in [7, 11) is 1.64. The van der Waals surface area contributed by atoms with Crippen LogP contribution in [-0.4, -0.2) is 28.3 Å². The number of fused-ring (bicyclic) bond motifs is 3. The summed E-state index contributed by atoms with van der Waals surface area (Å²) < 4.78 is 6.92. The third-order valence-electron chi connectivity index (χ3n) is 4.65. The number of para-hydroxylation sites is 1. The van der Waals surface area contributed by atoms with E-state index >= 15 is 0 Å². The van der Waals surface area contributed by atoms with Gasteiger partial charge in [-0.15, -0.1) is 0 Å². The number of nitrogens with zero attached hydrogens (tertiary/aromatic N) is 2. The van der Waals surface area contributed by atoms with Gasteiger partial charge in [-0.05, 0) is 18.6 Å². The van der Waals surface area contributed by atoms with Crippen LogP contribution >= 0.6 is 11.8 Å². The molecule has 138 valence electrons. The van der Waals surface area contributed by atoms with E-state index in [1.165, 1.54) is 5.56 Å². The zero-order valence-electron chi connectivity index (χ0n) is 15.3. The quantitative estimate of drug-likeness (QED) is 0.399. The van der Waals surface area contributed by atoms with Gasteiger partial charge in [-0.25, -0.2) is 4.98 Å². The smallest absolute Gasteiger partial charge is 0.278 e. The second-order valence-electron chi connectivity index (χ2n) is 6.41. The number of H-pyrrole nitrogens is 1. The molecule has 4 aromatic rings. The van der Waals surface area contributed by atoms with Crippen LogP contribution < -0.4 is 5.56 Å². The first kappa shape index (κ1) is 17.8. The lowest BCUT2D eigenvalue weighted by atomic mass is 10.2. The normalized spacial score (nSPS) is 12.7.